The molecule has 2 heterocycles. The van der Waals surface area contributed by atoms with Gasteiger partial charge in [-0.1, -0.05) is 42.5 Å². The van der Waals surface area contributed by atoms with Crippen LogP contribution in [0.1, 0.15) is 70.8 Å². The molecule has 5 rings (SSSR count). The summed E-state index contributed by atoms with van der Waals surface area (Å²) in [6.07, 6.45) is 5.90. The fourth-order valence-corrected chi connectivity index (χ4v) is 8.08. The number of carbonyl (C=O) groups is 8. The van der Waals surface area contributed by atoms with Crippen molar-refractivity contribution >= 4 is 52.8 Å². The highest BCUT2D eigenvalue weighted by molar-refractivity contribution is 6.06. The molecule has 15 heteroatoms. The van der Waals surface area contributed by atoms with Crippen molar-refractivity contribution in [3.63, 3.8) is 0 Å². The van der Waals surface area contributed by atoms with E-state index in [4.69, 9.17) is 5.73 Å². The Morgan fingerprint density at radius 3 is 2.09 bits per heavy atom. The Kier molecular flexibility index (Phi) is 13.5. The number of fused-ring (bicyclic) bond motifs is 5. The lowest BCUT2D eigenvalue weighted by Crippen LogP contribution is -2.57. The number of likely N-dealkylation sites (tertiary alicyclic amines) is 1. The Balaban J connectivity index is 1.36. The Morgan fingerprint density at radius 1 is 0.796 bits per heavy atom. The molecular weight excluding hydrogens is 694 g/mol. The van der Waals surface area contributed by atoms with Crippen LogP contribution in [0, 0.1) is 29.6 Å². The normalized spacial score (nSPS) is 29.3. The third kappa shape index (κ3) is 10.1. The average molecular weight is 746 g/mol. The van der Waals surface area contributed by atoms with Gasteiger partial charge in [0.1, 0.15) is 17.9 Å². The van der Waals surface area contributed by atoms with Crippen molar-refractivity contribution in [2.24, 2.45) is 40.3 Å². The number of nitrogens with zero attached hydrogens (tertiary/aromatic N) is 2. The number of Topliss-reactive ketones (excluding diaryl/α,β-unsaturated/α-hetero) is 2. The molecule has 15 nitrogen and oxygen atoms in total. The van der Waals surface area contributed by atoms with Crippen LogP contribution in [-0.4, -0.2) is 95.5 Å². The zero-order valence-corrected chi connectivity index (χ0v) is 30.9. The van der Waals surface area contributed by atoms with E-state index in [2.05, 4.69) is 26.3 Å². The van der Waals surface area contributed by atoms with Crippen molar-refractivity contribution in [3.05, 3.63) is 48.0 Å². The molecule has 0 radical (unpaired) electrons. The predicted molar refractivity (Wildman–Crippen MR) is 197 cm³/mol. The smallest absolute Gasteiger partial charge is 0.243 e. The van der Waals surface area contributed by atoms with Crippen LogP contribution in [0.3, 0.4) is 0 Å². The second-order valence-corrected chi connectivity index (χ2v) is 14.9. The Hall–Kier alpha value is -5.21. The maximum Gasteiger partial charge on any atom is 0.243 e. The fourth-order valence-electron chi connectivity index (χ4n) is 8.08. The number of hydrogen-bond acceptors (Lipinski definition) is 9. The molecule has 1 saturated carbocycles. The summed E-state index contributed by atoms with van der Waals surface area (Å²) < 4.78 is 0. The topological polar surface area (TPSA) is 226 Å². The lowest BCUT2D eigenvalue weighted by Gasteiger charge is -2.26. The van der Waals surface area contributed by atoms with Crippen LogP contribution >= 0.6 is 0 Å². The van der Waals surface area contributed by atoms with Crippen LogP contribution in [0.25, 0.3) is 0 Å². The first-order chi connectivity index (χ1) is 25.8. The van der Waals surface area contributed by atoms with E-state index < -0.39 is 60.0 Å². The summed E-state index contributed by atoms with van der Waals surface area (Å²) in [5, 5.41) is 10.6. The lowest BCUT2D eigenvalue weighted by molar-refractivity contribution is -0.141. The molecule has 6 amide bonds. The van der Waals surface area contributed by atoms with E-state index in [-0.39, 0.29) is 79.9 Å². The van der Waals surface area contributed by atoms with E-state index in [1.807, 2.05) is 12.2 Å². The predicted octanol–water partition coefficient (Wildman–Crippen LogP) is 0.503. The maximum absolute atomic E-state index is 14.1. The van der Waals surface area contributed by atoms with Gasteiger partial charge in [-0.25, -0.2) is 0 Å². The van der Waals surface area contributed by atoms with E-state index in [9.17, 15) is 38.4 Å². The van der Waals surface area contributed by atoms with Crippen molar-refractivity contribution in [1.82, 2.24) is 26.2 Å². The van der Waals surface area contributed by atoms with E-state index in [1.54, 1.807) is 37.3 Å². The first-order valence-electron chi connectivity index (χ1n) is 18.9. The summed E-state index contributed by atoms with van der Waals surface area (Å²) in [6, 6.07) is 5.33. The minimum atomic E-state index is -1.32. The third-order valence-electron chi connectivity index (χ3n) is 10.8. The van der Waals surface area contributed by atoms with E-state index in [0.29, 0.717) is 37.2 Å². The number of hydrogen-bond donors (Lipinski definition) is 5. The second kappa shape index (κ2) is 18.2. The number of ketones is 2. The van der Waals surface area contributed by atoms with Gasteiger partial charge >= 0.3 is 0 Å². The molecule has 2 unspecified atom stereocenters. The molecule has 6 N–H and O–H groups in total. The number of unbranched alkanes of at least 4 members (excludes halogenated alkanes) is 1. The van der Waals surface area contributed by atoms with Crippen molar-refractivity contribution in [1.29, 1.82) is 0 Å². The van der Waals surface area contributed by atoms with E-state index in [1.165, 1.54) is 11.8 Å². The molecule has 2 aliphatic heterocycles. The number of aliphatic imine (C=N–C) groups is 1. The molecule has 54 heavy (non-hydrogen) atoms. The highest BCUT2D eigenvalue weighted by atomic mass is 16.2. The number of amidine groups is 1. The number of allylic oxidation sites excluding steroid dienone is 2. The average Bonchev–Trinajstić information content (AvgIpc) is 3.82. The molecular formula is C39H51N7O8. The second-order valence-electron chi connectivity index (χ2n) is 14.9. The van der Waals surface area contributed by atoms with Gasteiger partial charge in [0, 0.05) is 38.3 Å². The van der Waals surface area contributed by atoms with E-state index in [0.717, 1.165) is 6.42 Å². The van der Waals surface area contributed by atoms with Crippen LogP contribution in [0.15, 0.2) is 47.5 Å². The van der Waals surface area contributed by atoms with Gasteiger partial charge in [0.05, 0.1) is 30.3 Å². The van der Waals surface area contributed by atoms with Crippen LogP contribution in [0.2, 0.25) is 0 Å². The lowest BCUT2D eigenvalue weighted by atomic mass is 9.85. The quantitative estimate of drug-likeness (QED) is 0.0622. The summed E-state index contributed by atoms with van der Waals surface area (Å²) >= 11 is 0. The van der Waals surface area contributed by atoms with Crippen molar-refractivity contribution in [2.75, 3.05) is 19.6 Å². The van der Waals surface area contributed by atoms with Crippen LogP contribution in [-0.2, 0) is 44.8 Å². The van der Waals surface area contributed by atoms with Crippen molar-refractivity contribution in [2.45, 2.75) is 89.8 Å². The van der Waals surface area contributed by atoms with E-state index >= 15 is 0 Å². The summed E-state index contributed by atoms with van der Waals surface area (Å²) in [5.74, 6) is -4.78. The number of nitrogens with two attached hydrogens (primary N) is 1. The molecule has 1 aromatic rings. The van der Waals surface area contributed by atoms with Crippen LogP contribution < -0.4 is 27.0 Å². The van der Waals surface area contributed by atoms with Gasteiger partial charge in [-0.15, -0.1) is 0 Å². The minimum absolute atomic E-state index is 0.0438. The van der Waals surface area contributed by atoms with Gasteiger partial charge in [0.15, 0.2) is 5.78 Å². The largest absolute Gasteiger partial charge is 0.388 e. The molecule has 2 saturated heterocycles. The Morgan fingerprint density at radius 2 is 1.44 bits per heavy atom. The highest BCUT2D eigenvalue weighted by Gasteiger charge is 2.59. The maximum atomic E-state index is 14.1. The zero-order chi connectivity index (χ0) is 38.9. The molecule has 0 spiro atoms. The van der Waals surface area contributed by atoms with Crippen LogP contribution in [0.5, 0.6) is 0 Å². The first kappa shape index (κ1) is 40.0. The summed E-state index contributed by atoms with van der Waals surface area (Å²) in [5.41, 5.74) is 6.38. The zero-order valence-electron chi connectivity index (χ0n) is 30.9. The molecule has 2 bridgehead atoms. The fraction of sp³-hybridized carbons (Fsp3) is 0.564. The standard InChI is InChI=1S/C39H51N7O8/c1-22(47)17-29-36(51)45-30(18-24-9-4-3-5-10-24)37(52)44-28(12-6-7-16-46-38(53)33-25-13-14-26(19-25)34(33)39(46)54)31(48)20-27(11-8-15-41-23(2)40)35(50)42-21-32(49)43-29/h3-5,9-10,13-14,25-30,33-34H,6-8,11-12,15-21H2,1-2H3,(H2,40,41)(H,42,50)(H,43,49)(H,44,52)(H,45,51)/t25-,26+,27-,28+,29?,30-,33?,34-/m1/s1. The van der Waals surface area contributed by atoms with Gasteiger partial charge in [-0.05, 0) is 69.8 Å². The number of nitrogens with one attached hydrogen (secondary N) is 4. The minimum Gasteiger partial charge on any atom is -0.388 e. The van der Waals surface area contributed by atoms with Gasteiger partial charge in [-0.3, -0.25) is 48.2 Å². The van der Waals surface area contributed by atoms with Crippen molar-refractivity contribution in [3.8, 4) is 0 Å². The molecule has 3 fully saturated rings. The number of rotatable bonds is 13. The third-order valence-corrected chi connectivity index (χ3v) is 10.8. The first-order valence-corrected chi connectivity index (χ1v) is 18.9. The monoisotopic (exact) mass is 745 g/mol. The number of carbonyl (C=O) groups excluding carboxylic acids is 8. The molecule has 1 aromatic carbocycles. The summed E-state index contributed by atoms with van der Waals surface area (Å²) in [7, 11) is 0. The summed E-state index contributed by atoms with van der Waals surface area (Å²) in [4.78, 5) is 112. The van der Waals surface area contributed by atoms with Crippen molar-refractivity contribution < 1.29 is 38.4 Å². The summed E-state index contributed by atoms with van der Waals surface area (Å²) in [6.45, 7) is 2.90. The molecule has 290 valence electrons. The Bertz CT molecular complexity index is 1660. The number of amides is 6. The van der Waals surface area contributed by atoms with Gasteiger partial charge < -0.3 is 27.0 Å². The molecule has 8 atom stereocenters. The molecule has 0 aromatic heterocycles. The van der Waals surface area contributed by atoms with Gasteiger partial charge in [0.25, 0.3) is 0 Å². The molecule has 2 aliphatic carbocycles. The van der Waals surface area contributed by atoms with Crippen LogP contribution in [0.4, 0.5) is 0 Å². The highest BCUT2D eigenvalue weighted by Crippen LogP contribution is 2.52. The van der Waals surface area contributed by atoms with Gasteiger partial charge in [0.2, 0.25) is 35.4 Å². The number of benzene rings is 1. The Labute approximate surface area is 314 Å². The van der Waals surface area contributed by atoms with Gasteiger partial charge in [-0.2, -0.15) is 0 Å². The molecule has 4 aliphatic rings. The SMILES string of the molecule is CC(=O)CC1NC(=O)CNC(=O)[C@H](CCCN=C(C)N)CC(=O)[C@H](CCCCN2C(=O)C3[C@@H]4C=C[C@@H](C4)[C@H]3C2=O)NC(=O)[C@@H](Cc2ccccc2)NC1=O. The number of imide groups is 1.